The van der Waals surface area contributed by atoms with Gasteiger partial charge >= 0.3 is 0 Å². The van der Waals surface area contributed by atoms with Crippen LogP contribution in [0.5, 0.6) is 11.5 Å². The first-order valence-electron chi connectivity index (χ1n) is 10.1. The molecule has 0 aliphatic carbocycles. The topological polar surface area (TPSA) is 76.9 Å². The minimum Gasteiger partial charge on any atom is -0.490 e. The van der Waals surface area contributed by atoms with E-state index in [-0.39, 0.29) is 5.91 Å². The minimum absolute atomic E-state index is 0.128. The molecule has 7 nitrogen and oxygen atoms in total. The Morgan fingerprint density at radius 1 is 1.15 bits per heavy atom. The molecule has 0 spiro atoms. The second kappa shape index (κ2) is 10.4. The van der Waals surface area contributed by atoms with Gasteiger partial charge in [-0.2, -0.15) is 4.99 Å². The van der Waals surface area contributed by atoms with Crippen LogP contribution in [0.4, 0.5) is 5.13 Å². The third-order valence-corrected chi connectivity index (χ3v) is 6.78. The van der Waals surface area contributed by atoms with Gasteiger partial charge in [-0.25, -0.2) is 0 Å². The van der Waals surface area contributed by atoms with E-state index in [1.165, 1.54) is 28.0 Å². The van der Waals surface area contributed by atoms with Gasteiger partial charge in [0.25, 0.3) is 5.91 Å². The highest BCUT2D eigenvalue weighted by Gasteiger charge is 2.30. The largest absolute Gasteiger partial charge is 0.490 e. The lowest BCUT2D eigenvalue weighted by Crippen LogP contribution is -2.23. The van der Waals surface area contributed by atoms with Crippen molar-refractivity contribution in [2.24, 2.45) is 4.99 Å². The lowest BCUT2D eigenvalue weighted by molar-refractivity contribution is -0.121. The van der Waals surface area contributed by atoms with Gasteiger partial charge in [0.15, 0.2) is 16.7 Å². The van der Waals surface area contributed by atoms with Gasteiger partial charge in [0.05, 0.1) is 11.5 Å². The molecule has 10 heteroatoms. The second-order valence-corrected chi connectivity index (χ2v) is 9.57. The number of amides is 1. The van der Waals surface area contributed by atoms with Crippen LogP contribution in [0.1, 0.15) is 23.1 Å². The summed E-state index contributed by atoms with van der Waals surface area (Å²) < 4.78 is 11.7. The van der Waals surface area contributed by atoms with Crippen LogP contribution in [0.15, 0.2) is 52.4 Å². The minimum atomic E-state index is -0.128. The predicted molar refractivity (Wildman–Crippen MR) is 133 cm³/mol. The SMILES string of the molecule is CCOc1cc(/C=C2\S/C(=N/c3nnc(C)s3)N(C)C2=O)ccc1OCc1ccccc1Cl. The number of benzene rings is 2. The maximum absolute atomic E-state index is 12.7. The molecular formula is C23H21ClN4O3S2. The highest BCUT2D eigenvalue weighted by molar-refractivity contribution is 8.18. The first kappa shape index (κ1) is 23.3. The van der Waals surface area contributed by atoms with Crippen LogP contribution >= 0.6 is 34.7 Å². The molecule has 33 heavy (non-hydrogen) atoms. The fourth-order valence-electron chi connectivity index (χ4n) is 2.99. The molecule has 0 N–H and O–H groups in total. The number of aromatic nitrogens is 2. The molecule has 0 bridgehead atoms. The second-order valence-electron chi connectivity index (χ2n) is 6.99. The van der Waals surface area contributed by atoms with Crippen molar-refractivity contribution < 1.29 is 14.3 Å². The molecule has 3 aromatic rings. The van der Waals surface area contributed by atoms with Gasteiger partial charge in [-0.1, -0.05) is 47.2 Å². The smallest absolute Gasteiger partial charge is 0.266 e. The van der Waals surface area contributed by atoms with Crippen LogP contribution in [-0.4, -0.2) is 39.8 Å². The zero-order valence-corrected chi connectivity index (χ0v) is 20.6. The van der Waals surface area contributed by atoms with Crippen molar-refractivity contribution in [1.29, 1.82) is 0 Å². The number of carbonyl (C=O) groups excluding carboxylic acids is 1. The average molecular weight is 501 g/mol. The van der Waals surface area contributed by atoms with Gasteiger partial charge in [-0.05, 0) is 55.4 Å². The Labute approximate surface area is 205 Å². The summed E-state index contributed by atoms with van der Waals surface area (Å²) in [5.41, 5.74) is 1.71. The van der Waals surface area contributed by atoms with Crippen LogP contribution in [-0.2, 0) is 11.4 Å². The summed E-state index contributed by atoms with van der Waals surface area (Å²) in [5, 5.41) is 10.5. The number of carbonyl (C=O) groups is 1. The van der Waals surface area contributed by atoms with Crippen LogP contribution in [0.25, 0.3) is 6.08 Å². The zero-order chi connectivity index (χ0) is 23.4. The Kier molecular flexibility index (Phi) is 7.32. The molecule has 1 aromatic heterocycles. The van der Waals surface area contributed by atoms with Gasteiger partial charge in [0.1, 0.15) is 11.6 Å². The summed E-state index contributed by atoms with van der Waals surface area (Å²) in [6.07, 6.45) is 1.82. The molecule has 1 aliphatic rings. The first-order chi connectivity index (χ1) is 15.9. The van der Waals surface area contributed by atoms with Crippen LogP contribution in [0, 0.1) is 6.92 Å². The van der Waals surface area contributed by atoms with E-state index in [1.54, 1.807) is 7.05 Å². The molecule has 170 valence electrons. The number of hydrogen-bond acceptors (Lipinski definition) is 8. The monoisotopic (exact) mass is 500 g/mol. The standard InChI is InChI=1S/C23H21ClN4O3S2/c1-4-30-19-11-15(9-10-18(19)31-13-16-7-5-6-8-17(16)24)12-20-21(29)28(3)23(33-20)25-22-27-26-14(2)32-22/h5-12H,4,13H2,1-3H3/b20-12-,25-23+. The van der Waals surface area contributed by atoms with E-state index in [0.29, 0.717) is 44.9 Å². The molecule has 4 rings (SSSR count). The van der Waals surface area contributed by atoms with E-state index in [2.05, 4.69) is 15.2 Å². The van der Waals surface area contributed by atoms with E-state index in [9.17, 15) is 4.79 Å². The maximum atomic E-state index is 12.7. The molecule has 1 fully saturated rings. The third-order valence-electron chi connectivity index (χ3n) is 4.62. The zero-order valence-electron chi connectivity index (χ0n) is 18.2. The number of hydrogen-bond donors (Lipinski definition) is 0. The van der Waals surface area contributed by atoms with Gasteiger partial charge < -0.3 is 9.47 Å². The highest BCUT2D eigenvalue weighted by Crippen LogP contribution is 2.36. The van der Waals surface area contributed by atoms with Gasteiger partial charge in [-0.15, -0.1) is 10.2 Å². The fraction of sp³-hybridized carbons (Fsp3) is 0.217. The van der Waals surface area contributed by atoms with E-state index in [1.807, 2.05) is 62.4 Å². The van der Waals surface area contributed by atoms with Crippen molar-refractivity contribution in [2.75, 3.05) is 13.7 Å². The molecule has 0 unspecified atom stereocenters. The first-order valence-corrected chi connectivity index (χ1v) is 12.1. The van der Waals surface area contributed by atoms with E-state index < -0.39 is 0 Å². The number of rotatable bonds is 7. The van der Waals surface area contributed by atoms with Crippen LogP contribution in [0.3, 0.4) is 0 Å². The molecule has 0 saturated carbocycles. The summed E-state index contributed by atoms with van der Waals surface area (Å²) in [6.45, 7) is 4.58. The van der Waals surface area contributed by atoms with Gasteiger partial charge in [0.2, 0.25) is 5.13 Å². The Balaban J connectivity index is 1.55. The van der Waals surface area contributed by atoms with E-state index >= 15 is 0 Å². The summed E-state index contributed by atoms with van der Waals surface area (Å²) in [6, 6.07) is 13.1. The summed E-state index contributed by atoms with van der Waals surface area (Å²) in [4.78, 5) is 19.3. The number of halogens is 1. The number of ether oxygens (including phenoxy) is 2. The summed E-state index contributed by atoms with van der Waals surface area (Å²) in [7, 11) is 1.69. The molecule has 1 aliphatic heterocycles. The van der Waals surface area contributed by atoms with Crippen LogP contribution < -0.4 is 9.47 Å². The normalized spacial score (nSPS) is 16.1. The number of aryl methyl sites for hydroxylation is 1. The Morgan fingerprint density at radius 3 is 2.70 bits per heavy atom. The number of thioether (sulfide) groups is 1. The fourth-order valence-corrected chi connectivity index (χ4v) is 4.76. The number of aliphatic imine (C=N–C) groups is 1. The van der Waals surface area contributed by atoms with Crippen molar-refractivity contribution >= 4 is 57.0 Å². The Bertz CT molecular complexity index is 1240. The van der Waals surface area contributed by atoms with E-state index in [0.717, 1.165) is 16.1 Å². The quantitative estimate of drug-likeness (QED) is 0.386. The third kappa shape index (κ3) is 5.55. The lowest BCUT2D eigenvalue weighted by atomic mass is 10.1. The number of likely N-dealkylation sites (N-methyl/N-ethyl adjacent to an activating group) is 1. The average Bonchev–Trinajstić information content (AvgIpc) is 3.32. The summed E-state index contributed by atoms with van der Waals surface area (Å²) in [5.74, 6) is 1.08. The molecule has 0 atom stereocenters. The highest BCUT2D eigenvalue weighted by atomic mass is 35.5. The number of amidine groups is 1. The Morgan fingerprint density at radius 2 is 1.97 bits per heavy atom. The molecule has 1 saturated heterocycles. The molecule has 2 aromatic carbocycles. The molecular weight excluding hydrogens is 480 g/mol. The summed E-state index contributed by atoms with van der Waals surface area (Å²) >= 11 is 8.90. The van der Waals surface area contributed by atoms with Gasteiger partial charge in [-0.3, -0.25) is 9.69 Å². The Hall–Kier alpha value is -2.88. The molecule has 1 amide bonds. The molecule has 0 radical (unpaired) electrons. The van der Waals surface area contributed by atoms with Gasteiger partial charge in [0, 0.05) is 17.6 Å². The van der Waals surface area contributed by atoms with Crippen LogP contribution in [0.2, 0.25) is 5.02 Å². The predicted octanol–water partition coefficient (Wildman–Crippen LogP) is 5.71. The van der Waals surface area contributed by atoms with E-state index in [4.69, 9.17) is 21.1 Å². The lowest BCUT2D eigenvalue weighted by Gasteiger charge is -2.13. The maximum Gasteiger partial charge on any atom is 0.266 e. The number of nitrogens with zero attached hydrogens (tertiary/aromatic N) is 4. The van der Waals surface area contributed by atoms with Crippen molar-refractivity contribution in [1.82, 2.24) is 15.1 Å². The van der Waals surface area contributed by atoms with Crippen molar-refractivity contribution in [2.45, 2.75) is 20.5 Å². The van der Waals surface area contributed by atoms with Crippen molar-refractivity contribution in [3.63, 3.8) is 0 Å². The van der Waals surface area contributed by atoms with Crippen molar-refractivity contribution in [3.8, 4) is 11.5 Å². The van der Waals surface area contributed by atoms with Crippen molar-refractivity contribution in [3.05, 3.63) is 68.5 Å². The molecule has 2 heterocycles.